The van der Waals surface area contributed by atoms with Crippen LogP contribution >= 0.6 is 0 Å². The van der Waals surface area contributed by atoms with Crippen LogP contribution < -0.4 is 5.32 Å². The van der Waals surface area contributed by atoms with Gasteiger partial charge in [-0.1, -0.05) is 32.6 Å². The minimum Gasteiger partial charge on any atom is -0.359 e. The summed E-state index contributed by atoms with van der Waals surface area (Å²) in [6.07, 6.45) is 7.34. The Kier molecular flexibility index (Phi) is 4.26. The van der Waals surface area contributed by atoms with E-state index in [4.69, 9.17) is 0 Å². The van der Waals surface area contributed by atoms with Crippen molar-refractivity contribution in [3.05, 3.63) is 0 Å². The van der Waals surface area contributed by atoms with Crippen LogP contribution in [0.4, 0.5) is 0 Å². The number of rotatable bonds is 2. The molecule has 0 spiro atoms. The monoisotopic (exact) mass is 183 g/mol. The van der Waals surface area contributed by atoms with Crippen molar-refractivity contribution in [3.63, 3.8) is 0 Å². The predicted molar refractivity (Wildman–Crippen MR) is 54.4 cm³/mol. The highest BCUT2D eigenvalue weighted by Crippen LogP contribution is 2.30. The molecule has 0 aliphatic heterocycles. The molecule has 2 heteroatoms. The summed E-state index contributed by atoms with van der Waals surface area (Å²) in [5.74, 6) is 1.17. The van der Waals surface area contributed by atoms with Gasteiger partial charge in [0.1, 0.15) is 0 Å². The Balaban J connectivity index is 2.58. The average Bonchev–Trinajstić information content (AvgIpc) is 2.41. The Morgan fingerprint density at radius 3 is 2.62 bits per heavy atom. The van der Waals surface area contributed by atoms with Crippen molar-refractivity contribution in [2.75, 3.05) is 7.05 Å². The summed E-state index contributed by atoms with van der Waals surface area (Å²) in [5.41, 5.74) is 0. The van der Waals surface area contributed by atoms with Gasteiger partial charge in [-0.05, 0) is 18.8 Å². The third-order valence-electron chi connectivity index (χ3n) is 3.27. The molecular weight excluding hydrogens is 162 g/mol. The molecule has 0 heterocycles. The van der Waals surface area contributed by atoms with E-state index in [0.29, 0.717) is 5.92 Å². The molecule has 0 aromatic heterocycles. The third kappa shape index (κ3) is 2.71. The smallest absolute Gasteiger partial charge is 0.223 e. The molecule has 13 heavy (non-hydrogen) atoms. The number of amides is 1. The topological polar surface area (TPSA) is 29.1 Å². The minimum atomic E-state index is 0.258. The predicted octanol–water partition coefficient (Wildman–Crippen LogP) is 2.34. The van der Waals surface area contributed by atoms with Gasteiger partial charge >= 0.3 is 0 Å². The zero-order valence-electron chi connectivity index (χ0n) is 8.81. The molecule has 1 fully saturated rings. The molecule has 1 saturated carbocycles. The first-order valence-corrected chi connectivity index (χ1v) is 5.51. The van der Waals surface area contributed by atoms with E-state index in [1.165, 1.54) is 25.7 Å². The Labute approximate surface area is 81.1 Å². The van der Waals surface area contributed by atoms with Crippen LogP contribution in [0.1, 0.15) is 45.4 Å². The van der Waals surface area contributed by atoms with E-state index in [1.54, 1.807) is 7.05 Å². The van der Waals surface area contributed by atoms with E-state index in [9.17, 15) is 4.79 Å². The highest BCUT2D eigenvalue weighted by Gasteiger charge is 2.27. The summed E-state index contributed by atoms with van der Waals surface area (Å²) in [5, 5.41) is 2.79. The lowest BCUT2D eigenvalue weighted by Gasteiger charge is -2.21. The molecule has 1 N–H and O–H groups in total. The van der Waals surface area contributed by atoms with Gasteiger partial charge in [-0.3, -0.25) is 4.79 Å². The average molecular weight is 183 g/mol. The lowest BCUT2D eigenvalue weighted by atomic mass is 9.85. The van der Waals surface area contributed by atoms with Crippen LogP contribution in [0.2, 0.25) is 0 Å². The zero-order chi connectivity index (χ0) is 9.68. The van der Waals surface area contributed by atoms with Crippen LogP contribution in [0, 0.1) is 11.8 Å². The van der Waals surface area contributed by atoms with Crippen molar-refractivity contribution in [1.29, 1.82) is 0 Å². The summed E-state index contributed by atoms with van der Waals surface area (Å²) in [6, 6.07) is 0. The van der Waals surface area contributed by atoms with Crippen LogP contribution in [0.15, 0.2) is 0 Å². The van der Waals surface area contributed by atoms with E-state index in [-0.39, 0.29) is 11.8 Å². The fourth-order valence-electron chi connectivity index (χ4n) is 2.40. The standard InChI is InChI=1S/C11H21NO/c1-3-9-7-5-4-6-8-10(9)11(13)12-2/h9-10H,3-8H2,1-2H3,(H,12,13). The first kappa shape index (κ1) is 10.6. The van der Waals surface area contributed by atoms with Gasteiger partial charge in [-0.25, -0.2) is 0 Å². The lowest BCUT2D eigenvalue weighted by Crippen LogP contribution is -2.31. The number of carbonyl (C=O) groups is 1. The van der Waals surface area contributed by atoms with Crippen LogP contribution in [0.25, 0.3) is 0 Å². The second kappa shape index (κ2) is 5.25. The van der Waals surface area contributed by atoms with E-state index in [2.05, 4.69) is 12.2 Å². The SMILES string of the molecule is CCC1CCCCCC1C(=O)NC. The van der Waals surface area contributed by atoms with Crippen molar-refractivity contribution in [1.82, 2.24) is 5.32 Å². The minimum absolute atomic E-state index is 0.258. The van der Waals surface area contributed by atoms with E-state index in [0.717, 1.165) is 12.8 Å². The van der Waals surface area contributed by atoms with Crippen LogP contribution in [0.5, 0.6) is 0 Å². The van der Waals surface area contributed by atoms with Gasteiger partial charge in [0.15, 0.2) is 0 Å². The largest absolute Gasteiger partial charge is 0.359 e. The van der Waals surface area contributed by atoms with Crippen LogP contribution in [0.3, 0.4) is 0 Å². The maximum absolute atomic E-state index is 11.6. The molecule has 1 rings (SSSR count). The van der Waals surface area contributed by atoms with Gasteiger partial charge in [0.2, 0.25) is 5.91 Å². The molecule has 1 amide bonds. The molecule has 0 aromatic carbocycles. The van der Waals surface area contributed by atoms with E-state index < -0.39 is 0 Å². The molecule has 1 aliphatic rings. The van der Waals surface area contributed by atoms with Gasteiger partial charge in [-0.2, -0.15) is 0 Å². The summed E-state index contributed by atoms with van der Waals surface area (Å²) in [4.78, 5) is 11.6. The number of hydrogen-bond acceptors (Lipinski definition) is 1. The normalized spacial score (nSPS) is 29.4. The zero-order valence-corrected chi connectivity index (χ0v) is 8.81. The summed E-state index contributed by atoms with van der Waals surface area (Å²) in [6.45, 7) is 2.20. The van der Waals surface area contributed by atoms with Crippen molar-refractivity contribution < 1.29 is 4.79 Å². The Morgan fingerprint density at radius 2 is 2.00 bits per heavy atom. The Hall–Kier alpha value is -0.530. The second-order valence-corrected chi connectivity index (χ2v) is 4.03. The number of nitrogens with one attached hydrogen (secondary N) is 1. The van der Waals surface area contributed by atoms with Crippen molar-refractivity contribution in [2.45, 2.75) is 45.4 Å². The number of hydrogen-bond donors (Lipinski definition) is 1. The Morgan fingerprint density at radius 1 is 1.31 bits per heavy atom. The van der Waals surface area contributed by atoms with Gasteiger partial charge < -0.3 is 5.32 Å². The summed E-state index contributed by atoms with van der Waals surface area (Å²) < 4.78 is 0. The van der Waals surface area contributed by atoms with Crippen molar-refractivity contribution >= 4 is 5.91 Å². The molecule has 0 bridgehead atoms. The third-order valence-corrected chi connectivity index (χ3v) is 3.27. The van der Waals surface area contributed by atoms with Crippen LogP contribution in [-0.4, -0.2) is 13.0 Å². The van der Waals surface area contributed by atoms with Gasteiger partial charge in [0, 0.05) is 13.0 Å². The highest BCUT2D eigenvalue weighted by molar-refractivity contribution is 5.78. The maximum atomic E-state index is 11.6. The molecule has 0 radical (unpaired) electrons. The van der Waals surface area contributed by atoms with E-state index >= 15 is 0 Å². The highest BCUT2D eigenvalue weighted by atomic mass is 16.1. The molecule has 0 aromatic rings. The van der Waals surface area contributed by atoms with Crippen LogP contribution in [-0.2, 0) is 4.79 Å². The molecule has 2 atom stereocenters. The molecule has 76 valence electrons. The molecule has 2 unspecified atom stereocenters. The fourth-order valence-corrected chi connectivity index (χ4v) is 2.40. The first-order valence-electron chi connectivity index (χ1n) is 5.51. The number of carbonyl (C=O) groups excluding carboxylic acids is 1. The van der Waals surface area contributed by atoms with Gasteiger partial charge in [0.25, 0.3) is 0 Å². The molecule has 1 aliphatic carbocycles. The molecule has 2 nitrogen and oxygen atoms in total. The van der Waals surface area contributed by atoms with Crippen molar-refractivity contribution in [2.24, 2.45) is 11.8 Å². The molecule has 0 saturated heterocycles. The fraction of sp³-hybridized carbons (Fsp3) is 0.909. The quantitative estimate of drug-likeness (QED) is 0.654. The lowest BCUT2D eigenvalue weighted by molar-refractivity contribution is -0.126. The van der Waals surface area contributed by atoms with E-state index in [1.807, 2.05) is 0 Å². The van der Waals surface area contributed by atoms with Crippen molar-refractivity contribution in [3.8, 4) is 0 Å². The van der Waals surface area contributed by atoms with Gasteiger partial charge in [-0.15, -0.1) is 0 Å². The molecular formula is C11H21NO. The maximum Gasteiger partial charge on any atom is 0.223 e. The Bertz CT molecular complexity index is 167. The summed E-state index contributed by atoms with van der Waals surface area (Å²) >= 11 is 0. The second-order valence-electron chi connectivity index (χ2n) is 4.03. The first-order chi connectivity index (χ1) is 6.29. The van der Waals surface area contributed by atoms with Gasteiger partial charge in [0.05, 0.1) is 0 Å². The summed E-state index contributed by atoms with van der Waals surface area (Å²) in [7, 11) is 1.75.